The smallest absolute Gasteiger partial charge is 0.222 e. The van der Waals surface area contributed by atoms with Crippen LogP contribution in [-0.2, 0) is 17.8 Å². The summed E-state index contributed by atoms with van der Waals surface area (Å²) in [7, 11) is 0. The van der Waals surface area contributed by atoms with Crippen LogP contribution in [0.15, 0.2) is 48.7 Å². The predicted molar refractivity (Wildman–Crippen MR) is 102 cm³/mol. The molecule has 1 aromatic heterocycles. The minimum Gasteiger partial charge on any atom is -0.338 e. The van der Waals surface area contributed by atoms with Gasteiger partial charge in [-0.2, -0.15) is 0 Å². The Balaban J connectivity index is 1.99. The molecule has 2 aromatic rings. The highest BCUT2D eigenvalue weighted by Crippen LogP contribution is 2.18. The molecule has 0 aliphatic carbocycles. The number of aromatic nitrogens is 1. The SMILES string of the molecule is NCCCCCC(=O)N(CCc1ccccn1)Cc1ccccc1Cl. The summed E-state index contributed by atoms with van der Waals surface area (Å²) in [5, 5.41) is 0.696. The van der Waals surface area contributed by atoms with Gasteiger partial charge in [0.25, 0.3) is 0 Å². The number of halogens is 1. The molecule has 134 valence electrons. The van der Waals surface area contributed by atoms with Crippen LogP contribution >= 0.6 is 11.6 Å². The standard InChI is InChI=1S/C20H26ClN3O/c21-19-10-4-3-8-17(19)16-24(20(25)11-2-1-6-13-22)15-12-18-9-5-7-14-23-18/h3-5,7-10,14H,1-2,6,11-13,15-16,22H2. The second-order valence-electron chi connectivity index (χ2n) is 6.08. The molecule has 4 nitrogen and oxygen atoms in total. The molecule has 25 heavy (non-hydrogen) atoms. The third kappa shape index (κ3) is 6.85. The first-order chi connectivity index (χ1) is 12.2. The van der Waals surface area contributed by atoms with E-state index in [1.54, 1.807) is 6.20 Å². The molecule has 1 heterocycles. The molecule has 2 N–H and O–H groups in total. The van der Waals surface area contributed by atoms with Gasteiger partial charge in [-0.15, -0.1) is 0 Å². The highest BCUT2D eigenvalue weighted by atomic mass is 35.5. The summed E-state index contributed by atoms with van der Waals surface area (Å²) in [6.45, 7) is 1.84. The molecule has 0 saturated carbocycles. The highest BCUT2D eigenvalue weighted by molar-refractivity contribution is 6.31. The Kier molecular flexibility index (Phi) is 8.43. The van der Waals surface area contributed by atoms with E-state index in [4.69, 9.17) is 17.3 Å². The van der Waals surface area contributed by atoms with Gasteiger partial charge in [-0.05, 0) is 43.1 Å². The number of hydrogen-bond donors (Lipinski definition) is 1. The Bertz CT molecular complexity index is 648. The molecule has 0 aliphatic heterocycles. The van der Waals surface area contributed by atoms with Gasteiger partial charge in [0.15, 0.2) is 0 Å². The molecule has 0 unspecified atom stereocenters. The molecule has 5 heteroatoms. The number of nitrogens with zero attached hydrogens (tertiary/aromatic N) is 2. The summed E-state index contributed by atoms with van der Waals surface area (Å²) in [6.07, 6.45) is 5.89. The van der Waals surface area contributed by atoms with E-state index in [-0.39, 0.29) is 5.91 Å². The molecule has 0 atom stereocenters. The predicted octanol–water partition coefficient (Wildman–Crippen LogP) is 3.83. The lowest BCUT2D eigenvalue weighted by molar-refractivity contribution is -0.131. The van der Waals surface area contributed by atoms with Crippen molar-refractivity contribution in [3.05, 3.63) is 64.9 Å². The number of carbonyl (C=O) groups is 1. The molecular formula is C20H26ClN3O. The van der Waals surface area contributed by atoms with Crippen molar-refractivity contribution < 1.29 is 4.79 Å². The van der Waals surface area contributed by atoms with Gasteiger partial charge in [-0.1, -0.05) is 42.3 Å². The zero-order valence-corrected chi connectivity index (χ0v) is 15.3. The first-order valence-electron chi connectivity index (χ1n) is 8.82. The fourth-order valence-corrected chi connectivity index (χ4v) is 2.87. The minimum atomic E-state index is 0.160. The highest BCUT2D eigenvalue weighted by Gasteiger charge is 2.15. The van der Waals surface area contributed by atoms with E-state index in [0.717, 1.165) is 36.9 Å². The lowest BCUT2D eigenvalue weighted by Crippen LogP contribution is -2.32. The number of amides is 1. The molecular weight excluding hydrogens is 334 g/mol. The number of hydrogen-bond acceptors (Lipinski definition) is 3. The maximum Gasteiger partial charge on any atom is 0.222 e. The molecule has 0 aliphatic rings. The number of benzene rings is 1. The summed E-state index contributed by atoms with van der Waals surface area (Å²) in [4.78, 5) is 18.9. The van der Waals surface area contributed by atoms with Crippen LogP contribution in [0.5, 0.6) is 0 Å². The van der Waals surface area contributed by atoms with Crippen LogP contribution in [0.1, 0.15) is 36.9 Å². The van der Waals surface area contributed by atoms with E-state index in [1.165, 1.54) is 0 Å². The Morgan fingerprint density at radius 2 is 1.88 bits per heavy atom. The van der Waals surface area contributed by atoms with E-state index in [9.17, 15) is 4.79 Å². The first kappa shape index (κ1) is 19.4. The van der Waals surface area contributed by atoms with E-state index < -0.39 is 0 Å². The molecule has 0 fully saturated rings. The summed E-state index contributed by atoms with van der Waals surface area (Å²) in [5.74, 6) is 0.160. The lowest BCUT2D eigenvalue weighted by atomic mass is 10.1. The number of unbranched alkanes of at least 4 members (excludes halogenated alkanes) is 2. The van der Waals surface area contributed by atoms with Crippen molar-refractivity contribution in [3.8, 4) is 0 Å². The van der Waals surface area contributed by atoms with E-state index in [0.29, 0.717) is 31.1 Å². The molecule has 1 aromatic carbocycles. The van der Waals surface area contributed by atoms with Crippen molar-refractivity contribution in [1.29, 1.82) is 0 Å². The van der Waals surface area contributed by atoms with E-state index in [1.807, 2.05) is 47.4 Å². The molecule has 0 radical (unpaired) electrons. The van der Waals surface area contributed by atoms with Crippen LogP contribution < -0.4 is 5.73 Å². The van der Waals surface area contributed by atoms with Crippen LogP contribution in [-0.4, -0.2) is 28.9 Å². The van der Waals surface area contributed by atoms with Crippen molar-refractivity contribution in [3.63, 3.8) is 0 Å². The molecule has 2 rings (SSSR count). The van der Waals surface area contributed by atoms with E-state index >= 15 is 0 Å². The van der Waals surface area contributed by atoms with Crippen molar-refractivity contribution in [1.82, 2.24) is 9.88 Å². The molecule has 0 bridgehead atoms. The van der Waals surface area contributed by atoms with Crippen LogP contribution in [0.25, 0.3) is 0 Å². The average molecular weight is 360 g/mol. The van der Waals surface area contributed by atoms with Crippen molar-refractivity contribution in [2.45, 2.75) is 38.6 Å². The van der Waals surface area contributed by atoms with Crippen molar-refractivity contribution in [2.75, 3.05) is 13.1 Å². The zero-order valence-electron chi connectivity index (χ0n) is 14.5. The summed E-state index contributed by atoms with van der Waals surface area (Å²) >= 11 is 6.27. The van der Waals surface area contributed by atoms with Crippen LogP contribution in [0.2, 0.25) is 5.02 Å². The Hall–Kier alpha value is -1.91. The minimum absolute atomic E-state index is 0.160. The summed E-state index contributed by atoms with van der Waals surface area (Å²) in [6, 6.07) is 13.5. The Morgan fingerprint density at radius 3 is 2.60 bits per heavy atom. The number of pyridine rings is 1. The Labute approximate surface area is 155 Å². The summed E-state index contributed by atoms with van der Waals surface area (Å²) in [5.41, 5.74) is 7.48. The van der Waals surface area contributed by atoms with Gasteiger partial charge in [0.1, 0.15) is 0 Å². The quantitative estimate of drug-likeness (QED) is 0.656. The van der Waals surface area contributed by atoms with Crippen molar-refractivity contribution >= 4 is 17.5 Å². The van der Waals surface area contributed by atoms with Gasteiger partial charge >= 0.3 is 0 Å². The molecule has 0 spiro atoms. The average Bonchev–Trinajstić information content (AvgIpc) is 2.64. The third-order valence-corrected chi connectivity index (χ3v) is 4.50. The van der Waals surface area contributed by atoms with Crippen LogP contribution in [0.3, 0.4) is 0 Å². The van der Waals surface area contributed by atoms with E-state index in [2.05, 4.69) is 4.98 Å². The maximum atomic E-state index is 12.7. The zero-order chi connectivity index (χ0) is 17.9. The van der Waals surface area contributed by atoms with Gasteiger partial charge in [0.2, 0.25) is 5.91 Å². The summed E-state index contributed by atoms with van der Waals surface area (Å²) < 4.78 is 0. The monoisotopic (exact) mass is 359 g/mol. The fourth-order valence-electron chi connectivity index (χ4n) is 2.68. The van der Waals surface area contributed by atoms with Crippen molar-refractivity contribution in [2.24, 2.45) is 5.73 Å². The molecule has 1 amide bonds. The number of nitrogens with two attached hydrogens (primary N) is 1. The lowest BCUT2D eigenvalue weighted by Gasteiger charge is -2.23. The topological polar surface area (TPSA) is 59.2 Å². The normalized spacial score (nSPS) is 10.6. The number of rotatable bonds is 10. The second kappa shape index (κ2) is 10.9. The Morgan fingerprint density at radius 1 is 1.08 bits per heavy atom. The van der Waals surface area contributed by atoms with Gasteiger partial charge < -0.3 is 10.6 Å². The largest absolute Gasteiger partial charge is 0.338 e. The molecule has 0 saturated heterocycles. The van der Waals surface area contributed by atoms with Crippen LogP contribution in [0, 0.1) is 0 Å². The van der Waals surface area contributed by atoms with Gasteiger partial charge in [-0.25, -0.2) is 0 Å². The second-order valence-corrected chi connectivity index (χ2v) is 6.48. The maximum absolute atomic E-state index is 12.7. The number of carbonyl (C=O) groups excluding carboxylic acids is 1. The van der Waals surface area contributed by atoms with Gasteiger partial charge in [0.05, 0.1) is 0 Å². The fraction of sp³-hybridized carbons (Fsp3) is 0.400. The van der Waals surface area contributed by atoms with Gasteiger partial charge in [0, 0.05) is 42.8 Å². The third-order valence-electron chi connectivity index (χ3n) is 4.13. The van der Waals surface area contributed by atoms with Gasteiger partial charge in [-0.3, -0.25) is 9.78 Å². The van der Waals surface area contributed by atoms with Crippen LogP contribution in [0.4, 0.5) is 0 Å². The first-order valence-corrected chi connectivity index (χ1v) is 9.19.